The molecule has 24 heavy (non-hydrogen) atoms. The minimum Gasteiger partial charge on any atom is -0.463 e. The van der Waals surface area contributed by atoms with Gasteiger partial charge in [-0.3, -0.25) is 4.79 Å². The van der Waals surface area contributed by atoms with Gasteiger partial charge in [-0.15, -0.1) is 11.3 Å². The van der Waals surface area contributed by atoms with Crippen LogP contribution in [0.5, 0.6) is 0 Å². The van der Waals surface area contributed by atoms with Gasteiger partial charge in [0.05, 0.1) is 11.1 Å². The number of hydrogen-bond donors (Lipinski definition) is 2. The predicted molar refractivity (Wildman–Crippen MR) is 91.3 cm³/mol. The van der Waals surface area contributed by atoms with E-state index in [0.717, 1.165) is 17.2 Å². The van der Waals surface area contributed by atoms with Crippen molar-refractivity contribution in [3.8, 4) is 0 Å². The minimum absolute atomic E-state index is 0.154. The summed E-state index contributed by atoms with van der Waals surface area (Å²) in [5.41, 5.74) is 0.466. The first-order valence-electron chi connectivity index (χ1n) is 7.63. The Kier molecular flexibility index (Phi) is 5.40. The standard InChI is InChI=1S/C18H17FN2O2S/c19-14-4-1-5-15(10-14)20-18(22)13-21(11-16-6-2-8-23-16)12-17-7-3-9-24-17/h1-10H,11-13H2,(H,20,22)/p+1. The molecule has 1 atom stereocenters. The van der Waals surface area contributed by atoms with Crippen molar-refractivity contribution in [2.75, 3.05) is 11.9 Å². The zero-order valence-corrected chi connectivity index (χ0v) is 13.8. The lowest BCUT2D eigenvalue weighted by Crippen LogP contribution is -3.10. The molecule has 1 unspecified atom stereocenters. The summed E-state index contributed by atoms with van der Waals surface area (Å²) in [6, 6.07) is 13.7. The molecule has 0 radical (unpaired) electrons. The van der Waals surface area contributed by atoms with Crippen LogP contribution < -0.4 is 10.2 Å². The second-order valence-corrected chi connectivity index (χ2v) is 6.53. The second-order valence-electron chi connectivity index (χ2n) is 5.50. The second kappa shape index (κ2) is 7.90. The Morgan fingerprint density at radius 1 is 1.17 bits per heavy atom. The highest BCUT2D eigenvalue weighted by molar-refractivity contribution is 7.09. The van der Waals surface area contributed by atoms with Crippen LogP contribution in [0, 0.1) is 5.82 Å². The summed E-state index contributed by atoms with van der Waals surface area (Å²) in [4.78, 5) is 14.6. The van der Waals surface area contributed by atoms with E-state index in [0.29, 0.717) is 12.2 Å². The summed E-state index contributed by atoms with van der Waals surface area (Å²) in [6.45, 7) is 1.62. The Labute approximate surface area is 143 Å². The lowest BCUT2D eigenvalue weighted by molar-refractivity contribution is -0.920. The van der Waals surface area contributed by atoms with Crippen molar-refractivity contribution in [2.24, 2.45) is 0 Å². The summed E-state index contributed by atoms with van der Waals surface area (Å²) < 4.78 is 18.6. The topological polar surface area (TPSA) is 46.7 Å². The number of amides is 1. The number of hydrogen-bond acceptors (Lipinski definition) is 3. The number of anilines is 1. The quantitative estimate of drug-likeness (QED) is 0.692. The Morgan fingerprint density at radius 2 is 2.08 bits per heavy atom. The van der Waals surface area contributed by atoms with Crippen molar-refractivity contribution < 1.29 is 18.5 Å². The van der Waals surface area contributed by atoms with E-state index in [2.05, 4.69) is 11.4 Å². The molecule has 0 spiro atoms. The predicted octanol–water partition coefficient (Wildman–Crippen LogP) is 2.70. The van der Waals surface area contributed by atoms with Gasteiger partial charge in [0, 0.05) is 5.69 Å². The zero-order chi connectivity index (χ0) is 16.8. The van der Waals surface area contributed by atoms with Gasteiger partial charge in [-0.2, -0.15) is 0 Å². The van der Waals surface area contributed by atoms with Crippen LogP contribution in [0.2, 0.25) is 0 Å². The minimum atomic E-state index is -0.369. The van der Waals surface area contributed by atoms with Gasteiger partial charge >= 0.3 is 0 Å². The van der Waals surface area contributed by atoms with Crippen LogP contribution in [0.4, 0.5) is 10.1 Å². The van der Waals surface area contributed by atoms with Gasteiger partial charge in [-0.1, -0.05) is 12.1 Å². The first kappa shape index (κ1) is 16.4. The van der Waals surface area contributed by atoms with Crippen LogP contribution >= 0.6 is 11.3 Å². The van der Waals surface area contributed by atoms with Gasteiger partial charge in [0.2, 0.25) is 0 Å². The molecule has 2 N–H and O–H groups in total. The Hall–Kier alpha value is -2.44. The van der Waals surface area contributed by atoms with Gasteiger partial charge in [0.25, 0.3) is 5.91 Å². The Bertz CT molecular complexity index is 736. The summed E-state index contributed by atoms with van der Waals surface area (Å²) in [5, 5.41) is 4.77. The SMILES string of the molecule is O=C(C[NH+](Cc1ccco1)Cc1cccs1)Nc1cccc(F)c1. The molecule has 2 heterocycles. The van der Waals surface area contributed by atoms with Crippen LogP contribution in [0.1, 0.15) is 10.6 Å². The van der Waals surface area contributed by atoms with Crippen LogP contribution in [-0.2, 0) is 17.9 Å². The fraction of sp³-hybridized carbons (Fsp3) is 0.167. The first-order valence-corrected chi connectivity index (χ1v) is 8.51. The molecular weight excluding hydrogens is 327 g/mol. The van der Waals surface area contributed by atoms with Crippen molar-refractivity contribution in [2.45, 2.75) is 13.1 Å². The van der Waals surface area contributed by atoms with Gasteiger partial charge in [-0.25, -0.2) is 4.39 Å². The maximum atomic E-state index is 13.2. The zero-order valence-electron chi connectivity index (χ0n) is 13.0. The summed E-state index contributed by atoms with van der Waals surface area (Å²) in [5.74, 6) is 0.310. The molecule has 0 saturated heterocycles. The maximum absolute atomic E-state index is 13.2. The number of rotatable bonds is 7. The molecule has 1 aromatic carbocycles. The van der Waals surface area contributed by atoms with E-state index in [1.54, 1.807) is 29.7 Å². The molecule has 4 nitrogen and oxygen atoms in total. The third-order valence-corrected chi connectivity index (χ3v) is 4.40. The highest BCUT2D eigenvalue weighted by Crippen LogP contribution is 2.09. The van der Waals surface area contributed by atoms with Crippen molar-refractivity contribution in [3.05, 3.63) is 76.6 Å². The van der Waals surface area contributed by atoms with E-state index >= 15 is 0 Å². The van der Waals surface area contributed by atoms with E-state index in [-0.39, 0.29) is 18.3 Å². The third kappa shape index (κ3) is 4.78. The monoisotopic (exact) mass is 345 g/mol. The number of thiophene rings is 1. The Balaban J connectivity index is 1.64. The molecule has 2 aromatic heterocycles. The average molecular weight is 345 g/mol. The van der Waals surface area contributed by atoms with Gasteiger partial charge in [0.1, 0.15) is 18.9 Å². The number of halogens is 1. The van der Waals surface area contributed by atoms with E-state index in [1.165, 1.54) is 17.0 Å². The van der Waals surface area contributed by atoms with E-state index in [9.17, 15) is 9.18 Å². The molecule has 124 valence electrons. The van der Waals surface area contributed by atoms with E-state index in [1.807, 2.05) is 23.6 Å². The van der Waals surface area contributed by atoms with Crippen molar-refractivity contribution in [1.82, 2.24) is 0 Å². The molecule has 3 rings (SSSR count). The molecule has 0 bridgehead atoms. The van der Waals surface area contributed by atoms with Gasteiger partial charge < -0.3 is 14.6 Å². The van der Waals surface area contributed by atoms with Crippen LogP contribution in [0.3, 0.4) is 0 Å². The molecule has 1 amide bonds. The van der Waals surface area contributed by atoms with Crippen molar-refractivity contribution in [3.63, 3.8) is 0 Å². The maximum Gasteiger partial charge on any atom is 0.279 e. The molecule has 6 heteroatoms. The highest BCUT2D eigenvalue weighted by Gasteiger charge is 2.17. The van der Waals surface area contributed by atoms with Gasteiger partial charge in [-0.05, 0) is 41.8 Å². The molecule has 0 aliphatic heterocycles. The number of nitrogens with one attached hydrogen (secondary N) is 2. The lowest BCUT2D eigenvalue weighted by atomic mass is 10.3. The van der Waals surface area contributed by atoms with Crippen molar-refractivity contribution >= 4 is 22.9 Å². The van der Waals surface area contributed by atoms with Crippen molar-refractivity contribution in [1.29, 1.82) is 0 Å². The Morgan fingerprint density at radius 3 is 2.79 bits per heavy atom. The highest BCUT2D eigenvalue weighted by atomic mass is 32.1. The normalized spacial score (nSPS) is 12.0. The van der Waals surface area contributed by atoms with Crippen LogP contribution in [-0.4, -0.2) is 12.5 Å². The molecular formula is C18H18FN2O2S+. The average Bonchev–Trinajstić information content (AvgIpc) is 3.21. The molecule has 0 aliphatic rings. The summed E-state index contributed by atoms with van der Waals surface area (Å²) in [7, 11) is 0. The fourth-order valence-electron chi connectivity index (χ4n) is 2.51. The van der Waals surface area contributed by atoms with Gasteiger partial charge in [0.15, 0.2) is 12.3 Å². The number of quaternary nitrogens is 1. The van der Waals surface area contributed by atoms with E-state index < -0.39 is 0 Å². The largest absolute Gasteiger partial charge is 0.463 e. The molecule has 0 aliphatic carbocycles. The van der Waals surface area contributed by atoms with Crippen LogP contribution in [0.15, 0.2) is 64.6 Å². The van der Waals surface area contributed by atoms with Crippen LogP contribution in [0.25, 0.3) is 0 Å². The lowest BCUT2D eigenvalue weighted by Gasteiger charge is -2.17. The molecule has 3 aromatic rings. The summed E-state index contributed by atoms with van der Waals surface area (Å²) >= 11 is 1.66. The summed E-state index contributed by atoms with van der Waals surface area (Å²) in [6.07, 6.45) is 1.63. The molecule has 0 saturated carbocycles. The molecule has 0 fully saturated rings. The van der Waals surface area contributed by atoms with E-state index in [4.69, 9.17) is 4.42 Å². The first-order chi connectivity index (χ1) is 11.7. The number of carbonyl (C=O) groups is 1. The number of benzene rings is 1. The fourth-order valence-corrected chi connectivity index (χ4v) is 3.28. The smallest absolute Gasteiger partial charge is 0.279 e. The third-order valence-electron chi connectivity index (χ3n) is 3.53. The number of carbonyl (C=O) groups excluding carboxylic acids is 1. The number of furan rings is 1.